The fraction of sp³-hybridized carbons (Fsp3) is 0.222. The summed E-state index contributed by atoms with van der Waals surface area (Å²) in [6, 6.07) is 11.6. The predicted octanol–water partition coefficient (Wildman–Crippen LogP) is 4.18. The molecule has 2 aromatic heterocycles. The number of aryl methyl sites for hydroxylation is 1. The van der Waals surface area contributed by atoms with Gasteiger partial charge in [0.1, 0.15) is 11.5 Å². The summed E-state index contributed by atoms with van der Waals surface area (Å²) in [6.07, 6.45) is 0.769. The molecule has 2 heterocycles. The van der Waals surface area contributed by atoms with Gasteiger partial charge in [-0.05, 0) is 31.2 Å². The monoisotopic (exact) mass is 355 g/mol. The smallest absolute Gasteiger partial charge is 0.181 e. The highest BCUT2D eigenvalue weighted by Gasteiger charge is 2.06. The van der Waals surface area contributed by atoms with E-state index < -0.39 is 0 Å². The number of hydrogen-bond donors (Lipinski definition) is 1. The third kappa shape index (κ3) is 3.36. The Morgan fingerprint density at radius 1 is 1.08 bits per heavy atom. The fourth-order valence-electron chi connectivity index (χ4n) is 2.59. The molecule has 0 unspecified atom stereocenters. The highest BCUT2D eigenvalue weighted by molar-refractivity contribution is 7.22. The summed E-state index contributed by atoms with van der Waals surface area (Å²) >= 11 is 1.47. The second-order valence-corrected chi connectivity index (χ2v) is 6.72. The number of aromatic nitrogens is 2. The Kier molecular flexibility index (Phi) is 4.15. The van der Waals surface area contributed by atoms with Gasteiger partial charge in [0.05, 0.1) is 29.1 Å². The molecular formula is C18H17N3O3S. The van der Waals surface area contributed by atoms with Gasteiger partial charge in [0.15, 0.2) is 10.7 Å². The van der Waals surface area contributed by atoms with Gasteiger partial charge < -0.3 is 19.7 Å². The number of rotatable bonds is 6. The number of nitrogens with two attached hydrogens (primary N) is 1. The van der Waals surface area contributed by atoms with Crippen LogP contribution in [0, 0.1) is 6.92 Å². The van der Waals surface area contributed by atoms with Gasteiger partial charge in [-0.3, -0.25) is 0 Å². The molecule has 2 N–H and O–H groups in total. The molecule has 0 fully saturated rings. The lowest BCUT2D eigenvalue weighted by atomic mass is 10.2. The lowest BCUT2D eigenvalue weighted by molar-refractivity contribution is 0.247. The van der Waals surface area contributed by atoms with E-state index in [0.717, 1.165) is 44.8 Å². The largest absolute Gasteiger partial charge is 0.493 e. The van der Waals surface area contributed by atoms with Crippen molar-refractivity contribution in [3.8, 4) is 11.5 Å². The lowest BCUT2D eigenvalue weighted by Gasteiger charge is -2.08. The number of hydrogen-bond acceptors (Lipinski definition) is 7. The van der Waals surface area contributed by atoms with Crippen LogP contribution < -0.4 is 15.2 Å². The van der Waals surface area contributed by atoms with Crippen LogP contribution in [0.5, 0.6) is 11.5 Å². The fourth-order valence-corrected chi connectivity index (χ4v) is 3.30. The van der Waals surface area contributed by atoms with E-state index >= 15 is 0 Å². The molecule has 0 atom stereocenters. The van der Waals surface area contributed by atoms with Gasteiger partial charge in [0, 0.05) is 23.9 Å². The molecule has 0 aliphatic carbocycles. The summed E-state index contributed by atoms with van der Waals surface area (Å²) in [4.78, 5) is 4.26. The van der Waals surface area contributed by atoms with Crippen molar-refractivity contribution in [2.75, 3.05) is 18.9 Å². The number of anilines is 1. The maximum Gasteiger partial charge on any atom is 0.181 e. The van der Waals surface area contributed by atoms with E-state index in [1.165, 1.54) is 11.3 Å². The molecule has 7 heteroatoms. The van der Waals surface area contributed by atoms with Crippen LogP contribution in [0.15, 0.2) is 40.9 Å². The van der Waals surface area contributed by atoms with Crippen LogP contribution in [-0.4, -0.2) is 23.4 Å². The molecule has 0 spiro atoms. The zero-order chi connectivity index (χ0) is 17.2. The molecule has 0 amide bonds. The number of nitrogens with zero attached hydrogens (tertiary/aromatic N) is 2. The van der Waals surface area contributed by atoms with E-state index in [0.29, 0.717) is 18.3 Å². The van der Waals surface area contributed by atoms with Crippen molar-refractivity contribution >= 4 is 37.7 Å². The molecule has 0 aliphatic rings. The summed E-state index contributed by atoms with van der Waals surface area (Å²) in [5, 5.41) is 5.52. The first kappa shape index (κ1) is 15.7. The Bertz CT molecular complexity index is 1010. The van der Waals surface area contributed by atoms with Crippen molar-refractivity contribution in [1.29, 1.82) is 0 Å². The predicted molar refractivity (Wildman–Crippen MR) is 98.4 cm³/mol. The molecule has 0 bridgehead atoms. The van der Waals surface area contributed by atoms with Crippen LogP contribution in [0.4, 0.5) is 5.13 Å². The van der Waals surface area contributed by atoms with E-state index in [9.17, 15) is 0 Å². The second kappa shape index (κ2) is 6.60. The summed E-state index contributed by atoms with van der Waals surface area (Å²) in [7, 11) is 0. The molecule has 25 heavy (non-hydrogen) atoms. The van der Waals surface area contributed by atoms with E-state index in [1.54, 1.807) is 0 Å². The molecular weight excluding hydrogens is 338 g/mol. The van der Waals surface area contributed by atoms with Crippen molar-refractivity contribution in [1.82, 2.24) is 10.1 Å². The normalized spacial score (nSPS) is 11.2. The zero-order valence-corrected chi connectivity index (χ0v) is 14.5. The number of ether oxygens (including phenoxy) is 2. The van der Waals surface area contributed by atoms with Crippen LogP contribution in [0.3, 0.4) is 0 Å². The molecule has 4 aromatic rings. The van der Waals surface area contributed by atoms with Gasteiger partial charge in [0.25, 0.3) is 0 Å². The van der Waals surface area contributed by atoms with Crippen molar-refractivity contribution in [2.45, 2.75) is 13.3 Å². The van der Waals surface area contributed by atoms with Gasteiger partial charge in [0.2, 0.25) is 0 Å². The Hall–Kier alpha value is -2.80. The average molecular weight is 355 g/mol. The molecule has 2 aromatic carbocycles. The van der Waals surface area contributed by atoms with Crippen LogP contribution in [0.1, 0.15) is 12.1 Å². The Morgan fingerprint density at radius 3 is 2.68 bits per heavy atom. The van der Waals surface area contributed by atoms with Crippen LogP contribution in [-0.2, 0) is 0 Å². The molecule has 128 valence electrons. The molecule has 0 saturated carbocycles. The minimum absolute atomic E-state index is 0.560. The van der Waals surface area contributed by atoms with Crippen molar-refractivity contribution in [2.24, 2.45) is 0 Å². The van der Waals surface area contributed by atoms with E-state index in [-0.39, 0.29) is 0 Å². The van der Waals surface area contributed by atoms with Gasteiger partial charge in [-0.15, -0.1) is 0 Å². The Morgan fingerprint density at radius 2 is 1.84 bits per heavy atom. The maximum atomic E-state index is 5.75. The van der Waals surface area contributed by atoms with Gasteiger partial charge >= 0.3 is 0 Å². The first-order valence-corrected chi connectivity index (χ1v) is 8.78. The average Bonchev–Trinajstić information content (AvgIpc) is 3.16. The molecule has 0 saturated heterocycles. The van der Waals surface area contributed by atoms with Gasteiger partial charge in [-0.25, -0.2) is 4.98 Å². The Balaban J connectivity index is 1.28. The van der Waals surface area contributed by atoms with E-state index in [2.05, 4.69) is 10.1 Å². The number of thiazole rings is 1. The third-order valence-corrected chi connectivity index (χ3v) is 4.69. The first-order chi connectivity index (χ1) is 12.2. The minimum atomic E-state index is 0.560. The summed E-state index contributed by atoms with van der Waals surface area (Å²) in [5.41, 5.74) is 8.20. The third-order valence-electron chi connectivity index (χ3n) is 3.83. The molecule has 0 aliphatic heterocycles. The Labute approximate surface area is 148 Å². The van der Waals surface area contributed by atoms with Crippen LogP contribution in [0.2, 0.25) is 0 Å². The van der Waals surface area contributed by atoms with E-state index in [4.69, 9.17) is 19.7 Å². The summed E-state index contributed by atoms with van der Waals surface area (Å²) in [6.45, 7) is 3.04. The van der Waals surface area contributed by atoms with Crippen molar-refractivity contribution < 1.29 is 14.0 Å². The van der Waals surface area contributed by atoms with Gasteiger partial charge in [-0.1, -0.05) is 16.5 Å². The highest BCUT2D eigenvalue weighted by atomic mass is 32.1. The molecule has 6 nitrogen and oxygen atoms in total. The number of fused-ring (bicyclic) bond motifs is 2. The first-order valence-electron chi connectivity index (χ1n) is 7.97. The summed E-state index contributed by atoms with van der Waals surface area (Å²) in [5.74, 6) is 1.55. The standard InChI is InChI=1S/C18H17N3O3S/c1-11-14-5-3-13(10-16(14)24-21-11)23-8-2-7-22-12-4-6-17-15(9-12)20-18(19)25-17/h3-6,9-10H,2,7-8H2,1H3,(H2,19,20). The number of benzene rings is 2. The highest BCUT2D eigenvalue weighted by Crippen LogP contribution is 2.27. The van der Waals surface area contributed by atoms with Crippen LogP contribution in [0.25, 0.3) is 21.2 Å². The quantitative estimate of drug-likeness (QED) is 0.523. The molecule has 0 radical (unpaired) electrons. The minimum Gasteiger partial charge on any atom is -0.493 e. The second-order valence-electron chi connectivity index (χ2n) is 5.66. The van der Waals surface area contributed by atoms with Gasteiger partial charge in [-0.2, -0.15) is 0 Å². The number of nitrogen functional groups attached to an aromatic ring is 1. The van der Waals surface area contributed by atoms with Crippen LogP contribution >= 0.6 is 11.3 Å². The zero-order valence-electron chi connectivity index (χ0n) is 13.7. The maximum absolute atomic E-state index is 5.75. The summed E-state index contributed by atoms with van der Waals surface area (Å²) < 4.78 is 17.8. The van der Waals surface area contributed by atoms with Crippen molar-refractivity contribution in [3.63, 3.8) is 0 Å². The topological polar surface area (TPSA) is 83.4 Å². The van der Waals surface area contributed by atoms with Crippen molar-refractivity contribution in [3.05, 3.63) is 42.1 Å². The SMILES string of the molecule is Cc1noc2cc(OCCCOc3ccc4sc(N)nc4c3)ccc12. The van der Waals surface area contributed by atoms with E-state index in [1.807, 2.05) is 43.3 Å². The molecule has 4 rings (SSSR count). The lowest BCUT2D eigenvalue weighted by Crippen LogP contribution is -2.04.